The van der Waals surface area contributed by atoms with E-state index >= 15 is 0 Å². The SMILES string of the molecule is Cc1ccc(OC[C@H]2CCn3nccc3CN2S(C)(=O)=O)cn1. The first-order chi connectivity index (χ1) is 10.9. The lowest BCUT2D eigenvalue weighted by atomic mass is 10.2. The Morgan fingerprint density at radius 3 is 2.87 bits per heavy atom. The van der Waals surface area contributed by atoms with Crippen LogP contribution in [0.15, 0.2) is 30.6 Å². The van der Waals surface area contributed by atoms with E-state index in [0.29, 0.717) is 31.9 Å². The van der Waals surface area contributed by atoms with Crippen molar-refractivity contribution in [1.29, 1.82) is 0 Å². The van der Waals surface area contributed by atoms with Gasteiger partial charge in [-0.1, -0.05) is 0 Å². The molecule has 0 aromatic carbocycles. The molecule has 23 heavy (non-hydrogen) atoms. The van der Waals surface area contributed by atoms with Crippen molar-refractivity contribution in [3.63, 3.8) is 0 Å². The summed E-state index contributed by atoms with van der Waals surface area (Å²) < 4.78 is 33.4. The van der Waals surface area contributed by atoms with Crippen LogP contribution in [0.5, 0.6) is 5.75 Å². The van der Waals surface area contributed by atoms with Crippen molar-refractivity contribution >= 4 is 10.0 Å². The van der Waals surface area contributed by atoms with Crippen LogP contribution < -0.4 is 4.74 Å². The smallest absolute Gasteiger partial charge is 0.211 e. The molecule has 0 aliphatic carbocycles. The van der Waals surface area contributed by atoms with E-state index in [1.165, 1.54) is 10.6 Å². The third-order valence-corrected chi connectivity index (χ3v) is 5.24. The number of aryl methyl sites for hydroxylation is 2. The standard InChI is InChI=1S/C15H20N4O3S/c1-12-3-4-15(9-16-12)22-11-14-6-8-18-13(5-7-17-18)10-19(14)23(2,20)21/h3-5,7,9,14H,6,8,10-11H2,1-2H3/t14-/m1/s1. The van der Waals surface area contributed by atoms with Crippen LogP contribution in [0.25, 0.3) is 0 Å². The largest absolute Gasteiger partial charge is 0.490 e. The molecule has 0 fully saturated rings. The quantitative estimate of drug-likeness (QED) is 0.838. The highest BCUT2D eigenvalue weighted by Crippen LogP contribution is 2.21. The number of ether oxygens (including phenoxy) is 1. The van der Waals surface area contributed by atoms with Gasteiger partial charge < -0.3 is 4.74 Å². The third kappa shape index (κ3) is 3.70. The molecule has 0 saturated heterocycles. The molecule has 3 rings (SSSR count). The van der Waals surface area contributed by atoms with Gasteiger partial charge in [0.15, 0.2) is 0 Å². The first-order valence-corrected chi connectivity index (χ1v) is 9.31. The lowest BCUT2D eigenvalue weighted by Gasteiger charge is -2.27. The summed E-state index contributed by atoms with van der Waals surface area (Å²) >= 11 is 0. The van der Waals surface area contributed by atoms with Gasteiger partial charge in [0.2, 0.25) is 10.0 Å². The van der Waals surface area contributed by atoms with Gasteiger partial charge in [-0.25, -0.2) is 8.42 Å². The molecule has 2 aromatic rings. The van der Waals surface area contributed by atoms with Crippen LogP contribution in [0, 0.1) is 6.92 Å². The van der Waals surface area contributed by atoms with Crippen LogP contribution >= 0.6 is 0 Å². The Morgan fingerprint density at radius 1 is 1.35 bits per heavy atom. The van der Waals surface area contributed by atoms with Crippen molar-refractivity contribution < 1.29 is 13.2 Å². The predicted molar refractivity (Wildman–Crippen MR) is 85.5 cm³/mol. The summed E-state index contributed by atoms with van der Waals surface area (Å²) in [6, 6.07) is 5.33. The van der Waals surface area contributed by atoms with Gasteiger partial charge >= 0.3 is 0 Å². The van der Waals surface area contributed by atoms with E-state index in [-0.39, 0.29) is 6.04 Å². The van der Waals surface area contributed by atoms with Crippen molar-refractivity contribution in [2.45, 2.75) is 32.5 Å². The van der Waals surface area contributed by atoms with E-state index in [9.17, 15) is 8.42 Å². The maximum atomic E-state index is 12.2. The topological polar surface area (TPSA) is 77.3 Å². The zero-order valence-electron chi connectivity index (χ0n) is 13.2. The molecule has 7 nitrogen and oxygen atoms in total. The van der Waals surface area contributed by atoms with Gasteiger partial charge in [-0.2, -0.15) is 9.40 Å². The number of fused-ring (bicyclic) bond motifs is 1. The molecule has 0 unspecified atom stereocenters. The molecule has 3 heterocycles. The third-order valence-electron chi connectivity index (χ3n) is 3.96. The molecule has 1 aliphatic rings. The van der Waals surface area contributed by atoms with Crippen LogP contribution in [-0.2, 0) is 23.1 Å². The average molecular weight is 336 g/mol. The zero-order valence-corrected chi connectivity index (χ0v) is 14.0. The Labute approximate surface area is 135 Å². The molecular formula is C15H20N4O3S. The fraction of sp³-hybridized carbons (Fsp3) is 0.467. The molecule has 0 amide bonds. The fourth-order valence-electron chi connectivity index (χ4n) is 2.69. The number of hydrogen-bond donors (Lipinski definition) is 0. The van der Waals surface area contributed by atoms with Crippen LogP contribution in [0.1, 0.15) is 17.8 Å². The maximum absolute atomic E-state index is 12.2. The van der Waals surface area contributed by atoms with E-state index in [1.807, 2.05) is 29.8 Å². The first kappa shape index (κ1) is 15.9. The van der Waals surface area contributed by atoms with E-state index < -0.39 is 10.0 Å². The van der Waals surface area contributed by atoms with Gasteiger partial charge in [-0.15, -0.1) is 0 Å². The molecule has 0 spiro atoms. The zero-order chi connectivity index (χ0) is 16.4. The molecule has 124 valence electrons. The summed E-state index contributed by atoms with van der Waals surface area (Å²) in [5.74, 6) is 0.644. The van der Waals surface area contributed by atoms with Crippen molar-refractivity contribution in [1.82, 2.24) is 19.1 Å². The van der Waals surface area contributed by atoms with E-state index in [2.05, 4.69) is 10.1 Å². The van der Waals surface area contributed by atoms with Gasteiger partial charge in [0.05, 0.1) is 30.7 Å². The van der Waals surface area contributed by atoms with Gasteiger partial charge in [-0.3, -0.25) is 9.67 Å². The number of aromatic nitrogens is 3. The molecule has 1 aliphatic heterocycles. The van der Waals surface area contributed by atoms with Crippen molar-refractivity contribution in [3.05, 3.63) is 42.0 Å². The highest BCUT2D eigenvalue weighted by atomic mass is 32.2. The number of hydrogen-bond acceptors (Lipinski definition) is 5. The lowest BCUT2D eigenvalue weighted by molar-refractivity contribution is 0.195. The Morgan fingerprint density at radius 2 is 2.17 bits per heavy atom. The summed E-state index contributed by atoms with van der Waals surface area (Å²) in [5, 5.41) is 4.24. The fourth-order valence-corrected chi connectivity index (χ4v) is 3.76. The average Bonchev–Trinajstić information content (AvgIpc) is 2.86. The lowest BCUT2D eigenvalue weighted by Crippen LogP contribution is -2.41. The highest BCUT2D eigenvalue weighted by molar-refractivity contribution is 7.88. The monoisotopic (exact) mass is 336 g/mol. The first-order valence-electron chi connectivity index (χ1n) is 7.46. The van der Waals surface area contributed by atoms with Crippen molar-refractivity contribution in [3.8, 4) is 5.75 Å². The number of pyridine rings is 1. The summed E-state index contributed by atoms with van der Waals surface area (Å²) in [6.45, 7) is 3.19. The van der Waals surface area contributed by atoms with Crippen LogP contribution in [0.4, 0.5) is 0 Å². The molecular weight excluding hydrogens is 316 g/mol. The number of sulfonamides is 1. The Kier molecular flexibility index (Phi) is 4.36. The van der Waals surface area contributed by atoms with Gasteiger partial charge in [0.25, 0.3) is 0 Å². The maximum Gasteiger partial charge on any atom is 0.211 e. The summed E-state index contributed by atoms with van der Waals surface area (Å²) in [7, 11) is -3.33. The Hall–Kier alpha value is -1.93. The molecule has 0 radical (unpaired) electrons. The Balaban J connectivity index is 1.76. The van der Waals surface area contributed by atoms with Crippen LogP contribution in [0.3, 0.4) is 0 Å². The molecule has 0 saturated carbocycles. The highest BCUT2D eigenvalue weighted by Gasteiger charge is 2.31. The van der Waals surface area contributed by atoms with Crippen molar-refractivity contribution in [2.24, 2.45) is 0 Å². The predicted octanol–water partition coefficient (Wildman–Crippen LogP) is 1.20. The van der Waals surface area contributed by atoms with E-state index in [0.717, 1.165) is 11.4 Å². The van der Waals surface area contributed by atoms with E-state index in [1.54, 1.807) is 12.4 Å². The second kappa shape index (κ2) is 6.29. The summed E-state index contributed by atoms with van der Waals surface area (Å²) in [4.78, 5) is 4.18. The van der Waals surface area contributed by atoms with Crippen LogP contribution in [-0.4, -0.2) is 46.4 Å². The molecule has 0 bridgehead atoms. The normalized spacial score (nSPS) is 19.1. The van der Waals surface area contributed by atoms with E-state index in [4.69, 9.17) is 4.74 Å². The summed E-state index contributed by atoms with van der Waals surface area (Å²) in [6.07, 6.45) is 5.24. The van der Waals surface area contributed by atoms with Gasteiger partial charge in [-0.05, 0) is 31.5 Å². The van der Waals surface area contributed by atoms with Crippen molar-refractivity contribution in [2.75, 3.05) is 12.9 Å². The van der Waals surface area contributed by atoms with Gasteiger partial charge in [0.1, 0.15) is 12.4 Å². The molecule has 1 atom stereocenters. The minimum atomic E-state index is -3.33. The molecule has 8 heteroatoms. The minimum Gasteiger partial charge on any atom is -0.490 e. The Bertz CT molecular complexity index is 770. The van der Waals surface area contributed by atoms with Gasteiger partial charge in [0, 0.05) is 18.4 Å². The second-order valence-electron chi connectivity index (χ2n) is 5.74. The number of rotatable bonds is 4. The minimum absolute atomic E-state index is 0.229. The molecule has 0 N–H and O–H groups in total. The number of nitrogens with zero attached hydrogens (tertiary/aromatic N) is 4. The molecule has 2 aromatic heterocycles. The van der Waals surface area contributed by atoms with Crippen LogP contribution in [0.2, 0.25) is 0 Å². The summed E-state index contributed by atoms with van der Waals surface area (Å²) in [5.41, 5.74) is 1.81. The second-order valence-corrected chi connectivity index (χ2v) is 7.68.